The lowest BCUT2D eigenvalue weighted by atomic mass is 9.76. The lowest BCUT2D eigenvalue weighted by Gasteiger charge is -2.36. The summed E-state index contributed by atoms with van der Waals surface area (Å²) in [6.07, 6.45) is 10.3. The number of hydrogen-bond donors (Lipinski definition) is 3. The molecular formula is C14H17IN2O4S. The Morgan fingerprint density at radius 3 is 2.77 bits per heavy atom. The van der Waals surface area contributed by atoms with Crippen molar-refractivity contribution in [1.29, 1.82) is 0 Å². The van der Waals surface area contributed by atoms with Crippen LogP contribution in [0.4, 0.5) is 0 Å². The number of hydrogen-bond acceptors (Lipinski definition) is 4. The van der Waals surface area contributed by atoms with Gasteiger partial charge in [-0.3, -0.25) is 9.35 Å². The third-order valence-corrected chi connectivity index (χ3v) is 5.39. The molecule has 2 rings (SSSR count). The van der Waals surface area contributed by atoms with E-state index in [4.69, 9.17) is 5.73 Å². The number of carbonyl (C=O) groups is 1. The molecule has 2 atom stereocenters. The Hall–Kier alpha value is -0.970. The van der Waals surface area contributed by atoms with Gasteiger partial charge in [0.25, 0.3) is 10.1 Å². The van der Waals surface area contributed by atoms with E-state index in [9.17, 15) is 17.8 Å². The minimum atomic E-state index is -4.24. The predicted molar refractivity (Wildman–Crippen MR) is 93.2 cm³/mol. The van der Waals surface area contributed by atoms with Gasteiger partial charge in [-0.05, 0) is 17.6 Å². The third-order valence-electron chi connectivity index (χ3n) is 3.64. The van der Waals surface area contributed by atoms with Crippen molar-refractivity contribution >= 4 is 38.6 Å². The van der Waals surface area contributed by atoms with Crippen LogP contribution in [0, 0.1) is 0 Å². The first-order valence-electron chi connectivity index (χ1n) is 6.64. The summed E-state index contributed by atoms with van der Waals surface area (Å²) in [5, 5.41) is 1.64. The fourth-order valence-corrected chi connectivity index (χ4v) is 3.65. The van der Waals surface area contributed by atoms with Crippen molar-refractivity contribution in [3.8, 4) is 0 Å². The molecule has 6 nitrogen and oxygen atoms in total. The summed E-state index contributed by atoms with van der Waals surface area (Å²) in [4.78, 5) is 11.3. The number of halogens is 1. The van der Waals surface area contributed by atoms with Crippen LogP contribution in [0.5, 0.6) is 0 Å². The fraction of sp³-hybridized carbons (Fsp3) is 0.357. The molecule has 2 unspecified atom stereocenters. The van der Waals surface area contributed by atoms with Crippen LogP contribution in [0.25, 0.3) is 0 Å². The number of allylic oxidation sites excluding steroid dienone is 4. The van der Waals surface area contributed by atoms with Crippen molar-refractivity contribution in [3.05, 3.63) is 47.6 Å². The third kappa shape index (κ3) is 3.67. The molecule has 0 bridgehead atoms. The molecule has 8 heteroatoms. The monoisotopic (exact) mass is 436 g/mol. The van der Waals surface area contributed by atoms with E-state index in [-0.39, 0.29) is 5.91 Å². The van der Waals surface area contributed by atoms with Gasteiger partial charge in [-0.25, -0.2) is 0 Å². The Kier molecular flexibility index (Phi) is 5.25. The lowest BCUT2D eigenvalue weighted by molar-refractivity contribution is -0.118. The largest absolute Gasteiger partial charge is 0.355 e. The standard InChI is InChI=1S/C14H17IN2O4S/c15-9-13(18)17-8-7-14(16)6-2-3-10-11(14)4-1-5-12(10)22(19,20)21/h1-6,12H,7-9,16H2,(H,17,18)(H,19,20,21). The van der Waals surface area contributed by atoms with E-state index in [1.807, 2.05) is 22.6 Å². The first-order valence-corrected chi connectivity index (χ1v) is 9.67. The van der Waals surface area contributed by atoms with Crippen LogP contribution in [-0.4, -0.2) is 40.6 Å². The molecule has 0 fully saturated rings. The summed E-state index contributed by atoms with van der Waals surface area (Å²) < 4.78 is 32.7. The lowest BCUT2D eigenvalue weighted by Crippen LogP contribution is -2.46. The van der Waals surface area contributed by atoms with Gasteiger partial charge in [0.2, 0.25) is 5.91 Å². The van der Waals surface area contributed by atoms with E-state index in [0.717, 1.165) is 0 Å². The minimum absolute atomic E-state index is 0.0758. The van der Waals surface area contributed by atoms with Crippen LogP contribution in [0.3, 0.4) is 0 Å². The SMILES string of the molecule is NC1(CCNC(=O)CI)C=CC=C2C1=CC=CC2S(=O)(=O)O. The molecule has 2 aliphatic carbocycles. The highest BCUT2D eigenvalue weighted by molar-refractivity contribution is 14.1. The van der Waals surface area contributed by atoms with Crippen molar-refractivity contribution in [3.63, 3.8) is 0 Å². The quantitative estimate of drug-likeness (QED) is 0.337. The molecule has 0 aromatic rings. The molecule has 0 aromatic carbocycles. The molecule has 0 aliphatic heterocycles. The number of alkyl halides is 1. The van der Waals surface area contributed by atoms with Crippen molar-refractivity contribution < 1.29 is 17.8 Å². The highest BCUT2D eigenvalue weighted by Gasteiger charge is 2.38. The average molecular weight is 436 g/mol. The highest BCUT2D eigenvalue weighted by atomic mass is 127. The Bertz CT molecular complexity index is 694. The number of amides is 1. The van der Waals surface area contributed by atoms with Gasteiger partial charge < -0.3 is 11.1 Å². The van der Waals surface area contributed by atoms with Crippen LogP contribution in [0.1, 0.15) is 6.42 Å². The molecule has 1 amide bonds. The molecule has 4 N–H and O–H groups in total. The van der Waals surface area contributed by atoms with Gasteiger partial charge in [0.1, 0.15) is 5.25 Å². The van der Waals surface area contributed by atoms with E-state index in [1.165, 1.54) is 6.08 Å². The molecule has 120 valence electrons. The number of nitrogens with one attached hydrogen (secondary N) is 1. The minimum Gasteiger partial charge on any atom is -0.355 e. The first-order chi connectivity index (χ1) is 10.3. The van der Waals surface area contributed by atoms with E-state index >= 15 is 0 Å². The molecule has 0 aromatic heterocycles. The number of rotatable bonds is 5. The Morgan fingerprint density at radius 1 is 1.41 bits per heavy atom. The number of fused-ring (bicyclic) bond motifs is 1. The summed E-state index contributed by atoms with van der Waals surface area (Å²) >= 11 is 1.97. The highest BCUT2D eigenvalue weighted by Crippen LogP contribution is 2.36. The molecular weight excluding hydrogens is 419 g/mol. The van der Waals surface area contributed by atoms with E-state index in [2.05, 4.69) is 5.32 Å². The number of nitrogens with two attached hydrogens (primary N) is 1. The summed E-state index contributed by atoms with van der Waals surface area (Å²) in [6, 6.07) is 0. The zero-order chi connectivity index (χ0) is 16.4. The van der Waals surface area contributed by atoms with Gasteiger partial charge in [0.15, 0.2) is 0 Å². The maximum absolute atomic E-state index is 11.5. The second-order valence-electron chi connectivity index (χ2n) is 5.16. The molecule has 0 spiro atoms. The number of carbonyl (C=O) groups excluding carboxylic acids is 1. The van der Waals surface area contributed by atoms with Crippen LogP contribution in [-0.2, 0) is 14.9 Å². The van der Waals surface area contributed by atoms with Crippen LogP contribution >= 0.6 is 22.6 Å². The normalized spacial score (nSPS) is 27.0. The van der Waals surface area contributed by atoms with E-state index in [0.29, 0.717) is 28.5 Å². The first kappa shape index (κ1) is 17.4. The molecule has 0 saturated heterocycles. The second-order valence-corrected chi connectivity index (χ2v) is 7.46. The predicted octanol–water partition coefficient (Wildman–Crippen LogP) is 0.874. The summed E-state index contributed by atoms with van der Waals surface area (Å²) in [6.45, 7) is 0.382. The average Bonchev–Trinajstić information content (AvgIpc) is 2.46. The zero-order valence-electron chi connectivity index (χ0n) is 11.7. The molecule has 2 aliphatic rings. The van der Waals surface area contributed by atoms with Crippen LogP contribution in [0.15, 0.2) is 47.6 Å². The smallest absolute Gasteiger partial charge is 0.275 e. The Labute approximate surface area is 143 Å². The fourth-order valence-electron chi connectivity index (χ4n) is 2.56. The van der Waals surface area contributed by atoms with Crippen molar-refractivity contribution in [1.82, 2.24) is 5.32 Å². The molecule has 0 saturated carbocycles. The zero-order valence-corrected chi connectivity index (χ0v) is 14.7. The van der Waals surface area contributed by atoms with Crippen molar-refractivity contribution in [2.24, 2.45) is 5.73 Å². The van der Waals surface area contributed by atoms with Crippen molar-refractivity contribution in [2.75, 3.05) is 11.0 Å². The Balaban J connectivity index is 2.21. The second kappa shape index (κ2) is 6.65. The van der Waals surface area contributed by atoms with Gasteiger partial charge >= 0.3 is 0 Å². The Morgan fingerprint density at radius 2 is 2.14 bits per heavy atom. The van der Waals surface area contributed by atoms with Gasteiger partial charge in [-0.15, -0.1) is 0 Å². The van der Waals surface area contributed by atoms with Gasteiger partial charge in [-0.1, -0.05) is 59.0 Å². The van der Waals surface area contributed by atoms with Gasteiger partial charge in [0, 0.05) is 6.54 Å². The van der Waals surface area contributed by atoms with Crippen LogP contribution in [0.2, 0.25) is 0 Å². The molecule has 22 heavy (non-hydrogen) atoms. The van der Waals surface area contributed by atoms with Gasteiger partial charge in [0.05, 0.1) is 9.97 Å². The molecule has 0 radical (unpaired) electrons. The maximum Gasteiger partial charge on any atom is 0.275 e. The summed E-state index contributed by atoms with van der Waals surface area (Å²) in [7, 11) is -4.24. The van der Waals surface area contributed by atoms with E-state index < -0.39 is 20.9 Å². The van der Waals surface area contributed by atoms with Gasteiger partial charge in [-0.2, -0.15) is 8.42 Å². The molecule has 0 heterocycles. The van der Waals surface area contributed by atoms with Crippen LogP contribution < -0.4 is 11.1 Å². The maximum atomic E-state index is 11.5. The summed E-state index contributed by atoms with van der Waals surface area (Å²) in [5.41, 5.74) is 6.62. The topological polar surface area (TPSA) is 109 Å². The van der Waals surface area contributed by atoms with E-state index in [1.54, 1.807) is 30.4 Å². The summed E-state index contributed by atoms with van der Waals surface area (Å²) in [5.74, 6) is -0.0758. The van der Waals surface area contributed by atoms with Crippen molar-refractivity contribution in [2.45, 2.75) is 17.2 Å².